The second-order valence-corrected chi connectivity index (χ2v) is 5.52. The van der Waals surface area contributed by atoms with E-state index in [0.29, 0.717) is 39.5 Å². The highest BCUT2D eigenvalue weighted by Gasteiger charge is 2.31. The third-order valence-corrected chi connectivity index (χ3v) is 3.95. The Morgan fingerprint density at radius 1 is 1.33 bits per heavy atom. The molecule has 1 amide bonds. The van der Waals surface area contributed by atoms with Crippen molar-refractivity contribution >= 4 is 5.91 Å². The molecule has 2 aliphatic rings. The predicted molar refractivity (Wildman–Crippen MR) is 75.9 cm³/mol. The van der Waals surface area contributed by atoms with Crippen LogP contribution in [0.3, 0.4) is 0 Å². The van der Waals surface area contributed by atoms with Crippen molar-refractivity contribution in [1.29, 1.82) is 0 Å². The quantitative estimate of drug-likeness (QED) is 0.846. The van der Waals surface area contributed by atoms with Gasteiger partial charge in [-0.25, -0.2) is 4.98 Å². The van der Waals surface area contributed by atoms with Crippen LogP contribution in [0.5, 0.6) is 0 Å². The number of nitrogens with zero attached hydrogens (tertiary/aromatic N) is 3. The van der Waals surface area contributed by atoms with Crippen molar-refractivity contribution in [3.8, 4) is 0 Å². The second kappa shape index (κ2) is 6.55. The van der Waals surface area contributed by atoms with Gasteiger partial charge in [-0.3, -0.25) is 9.69 Å². The minimum absolute atomic E-state index is 0.110. The molecule has 1 aromatic heterocycles. The zero-order chi connectivity index (χ0) is 14.7. The van der Waals surface area contributed by atoms with E-state index in [1.165, 1.54) is 0 Å². The van der Waals surface area contributed by atoms with E-state index in [0.717, 1.165) is 24.6 Å². The zero-order valence-corrected chi connectivity index (χ0v) is 12.4. The number of H-pyrrole nitrogens is 1. The summed E-state index contributed by atoms with van der Waals surface area (Å²) in [5, 5.41) is 0. The van der Waals surface area contributed by atoms with Crippen LogP contribution in [-0.4, -0.2) is 78.3 Å². The van der Waals surface area contributed by atoms with Crippen LogP contribution in [0.2, 0.25) is 0 Å². The average molecular weight is 294 g/mol. The summed E-state index contributed by atoms with van der Waals surface area (Å²) >= 11 is 0. The van der Waals surface area contributed by atoms with E-state index in [4.69, 9.17) is 9.47 Å². The van der Waals surface area contributed by atoms with Crippen LogP contribution < -0.4 is 0 Å². The molecule has 7 nitrogen and oxygen atoms in total. The van der Waals surface area contributed by atoms with E-state index in [1.54, 1.807) is 6.20 Å². The maximum Gasteiger partial charge on any atom is 0.237 e. The van der Waals surface area contributed by atoms with Crippen LogP contribution in [0.4, 0.5) is 0 Å². The summed E-state index contributed by atoms with van der Waals surface area (Å²) in [4.78, 5) is 24.2. The Bertz CT molecular complexity index is 484. The van der Waals surface area contributed by atoms with Gasteiger partial charge in [0.2, 0.25) is 5.91 Å². The lowest BCUT2D eigenvalue weighted by Crippen LogP contribution is -2.49. The molecule has 2 saturated heterocycles. The number of carbonyl (C=O) groups excluding carboxylic acids is 1. The number of morpholine rings is 2. The van der Waals surface area contributed by atoms with Crippen molar-refractivity contribution in [2.45, 2.75) is 13.0 Å². The Kier molecular flexibility index (Phi) is 4.52. The molecule has 0 bridgehead atoms. The molecule has 3 rings (SSSR count). The highest BCUT2D eigenvalue weighted by Crippen LogP contribution is 2.22. The molecule has 1 atom stereocenters. The zero-order valence-electron chi connectivity index (χ0n) is 12.4. The van der Waals surface area contributed by atoms with E-state index in [1.807, 2.05) is 11.8 Å². The lowest BCUT2D eigenvalue weighted by Gasteiger charge is -2.36. The Morgan fingerprint density at radius 3 is 2.81 bits per heavy atom. The van der Waals surface area contributed by atoms with E-state index >= 15 is 0 Å². The van der Waals surface area contributed by atoms with Crippen LogP contribution in [0.15, 0.2) is 6.20 Å². The minimum atomic E-state index is -0.110. The molecule has 0 unspecified atom stereocenters. The lowest BCUT2D eigenvalue weighted by atomic mass is 10.2. The standard InChI is InChI=1S/C14H22N4O3/c1-11-8-15-14(16-11)12-10-21-7-4-18(12)13(19)9-17-2-5-20-6-3-17/h8,12H,2-7,9-10H2,1H3,(H,15,16)/t12-/m1/s1. The van der Waals surface area contributed by atoms with Gasteiger partial charge in [-0.1, -0.05) is 0 Å². The molecule has 7 heteroatoms. The number of ether oxygens (including phenoxy) is 2. The number of hydrogen-bond acceptors (Lipinski definition) is 5. The van der Waals surface area contributed by atoms with Gasteiger partial charge >= 0.3 is 0 Å². The number of aromatic amines is 1. The fraction of sp³-hybridized carbons (Fsp3) is 0.714. The van der Waals surface area contributed by atoms with Crippen molar-refractivity contribution in [3.05, 3.63) is 17.7 Å². The lowest BCUT2D eigenvalue weighted by molar-refractivity contribution is -0.142. The molecule has 0 saturated carbocycles. The average Bonchev–Trinajstić information content (AvgIpc) is 2.95. The summed E-state index contributed by atoms with van der Waals surface area (Å²) in [7, 11) is 0. The molecular formula is C14H22N4O3. The topological polar surface area (TPSA) is 70.7 Å². The fourth-order valence-corrected chi connectivity index (χ4v) is 2.77. The van der Waals surface area contributed by atoms with E-state index in [2.05, 4.69) is 14.9 Å². The first-order chi connectivity index (χ1) is 10.2. The second-order valence-electron chi connectivity index (χ2n) is 5.52. The number of aryl methyl sites for hydroxylation is 1. The number of imidazole rings is 1. The molecule has 2 aliphatic heterocycles. The minimum Gasteiger partial charge on any atom is -0.379 e. The van der Waals surface area contributed by atoms with Crippen LogP contribution >= 0.6 is 0 Å². The fourth-order valence-electron chi connectivity index (χ4n) is 2.77. The molecule has 0 radical (unpaired) electrons. The van der Waals surface area contributed by atoms with Gasteiger partial charge in [-0.05, 0) is 6.92 Å². The smallest absolute Gasteiger partial charge is 0.237 e. The van der Waals surface area contributed by atoms with Gasteiger partial charge in [0.1, 0.15) is 11.9 Å². The van der Waals surface area contributed by atoms with E-state index in [9.17, 15) is 4.79 Å². The summed E-state index contributed by atoms with van der Waals surface area (Å²) < 4.78 is 10.8. The van der Waals surface area contributed by atoms with Crippen molar-refractivity contribution in [2.24, 2.45) is 0 Å². The van der Waals surface area contributed by atoms with Crippen LogP contribution in [-0.2, 0) is 14.3 Å². The molecule has 21 heavy (non-hydrogen) atoms. The third kappa shape index (κ3) is 3.42. The number of hydrogen-bond donors (Lipinski definition) is 1. The van der Waals surface area contributed by atoms with Crippen LogP contribution in [0.25, 0.3) is 0 Å². The Hall–Kier alpha value is -1.44. The van der Waals surface area contributed by atoms with E-state index in [-0.39, 0.29) is 11.9 Å². The molecule has 0 spiro atoms. The molecule has 0 aromatic carbocycles. The maximum atomic E-state index is 12.6. The molecule has 3 heterocycles. The highest BCUT2D eigenvalue weighted by molar-refractivity contribution is 5.78. The SMILES string of the molecule is Cc1cnc([C@H]2COCCN2C(=O)CN2CCOCC2)[nH]1. The van der Waals surface area contributed by atoms with Crippen LogP contribution in [0.1, 0.15) is 17.6 Å². The van der Waals surface area contributed by atoms with Gasteiger partial charge in [0.25, 0.3) is 0 Å². The van der Waals surface area contributed by atoms with Gasteiger partial charge in [0.15, 0.2) is 0 Å². The van der Waals surface area contributed by atoms with Crippen molar-refractivity contribution in [1.82, 2.24) is 19.8 Å². The van der Waals surface area contributed by atoms with Gasteiger partial charge in [-0.15, -0.1) is 0 Å². The summed E-state index contributed by atoms with van der Waals surface area (Å²) in [6.45, 7) is 7.16. The first-order valence-electron chi connectivity index (χ1n) is 7.43. The molecular weight excluding hydrogens is 272 g/mol. The normalized spacial score (nSPS) is 24.2. The summed E-state index contributed by atoms with van der Waals surface area (Å²) in [5.74, 6) is 0.946. The van der Waals surface area contributed by atoms with Crippen molar-refractivity contribution in [2.75, 3.05) is 52.6 Å². The van der Waals surface area contributed by atoms with Crippen LogP contribution in [0, 0.1) is 6.92 Å². The monoisotopic (exact) mass is 294 g/mol. The summed E-state index contributed by atoms with van der Waals surface area (Å²) in [6, 6.07) is -0.110. The van der Waals surface area contributed by atoms with Gasteiger partial charge < -0.3 is 19.4 Å². The first kappa shape index (κ1) is 14.5. The predicted octanol–water partition coefficient (Wildman–Crippen LogP) is -0.0498. The Balaban J connectivity index is 1.66. The van der Waals surface area contributed by atoms with Crippen molar-refractivity contribution in [3.63, 3.8) is 0 Å². The van der Waals surface area contributed by atoms with E-state index < -0.39 is 0 Å². The van der Waals surface area contributed by atoms with Gasteiger partial charge in [-0.2, -0.15) is 0 Å². The maximum absolute atomic E-state index is 12.6. The largest absolute Gasteiger partial charge is 0.379 e. The van der Waals surface area contributed by atoms with Gasteiger partial charge in [0.05, 0.1) is 33.0 Å². The molecule has 116 valence electrons. The molecule has 2 fully saturated rings. The number of carbonyl (C=O) groups is 1. The number of aromatic nitrogens is 2. The summed E-state index contributed by atoms with van der Waals surface area (Å²) in [5.41, 5.74) is 0.996. The molecule has 1 aromatic rings. The first-order valence-corrected chi connectivity index (χ1v) is 7.43. The third-order valence-electron chi connectivity index (χ3n) is 3.95. The Morgan fingerprint density at radius 2 is 2.10 bits per heavy atom. The highest BCUT2D eigenvalue weighted by atomic mass is 16.5. The number of amides is 1. The number of rotatable bonds is 3. The Labute approximate surface area is 124 Å². The summed E-state index contributed by atoms with van der Waals surface area (Å²) in [6.07, 6.45) is 1.79. The molecule has 1 N–H and O–H groups in total. The molecule has 0 aliphatic carbocycles. The van der Waals surface area contributed by atoms with Gasteiger partial charge in [0, 0.05) is 31.5 Å². The van der Waals surface area contributed by atoms with Crippen molar-refractivity contribution < 1.29 is 14.3 Å². The number of nitrogens with one attached hydrogen (secondary N) is 1.